The molecule has 0 bridgehead atoms. The Morgan fingerprint density at radius 3 is 2.45 bits per heavy atom. The van der Waals surface area contributed by atoms with E-state index in [2.05, 4.69) is 20.5 Å². The molecule has 1 amide bonds. The van der Waals surface area contributed by atoms with Gasteiger partial charge in [0, 0.05) is 58.9 Å². The van der Waals surface area contributed by atoms with Crippen LogP contribution in [0, 0.1) is 5.82 Å². The molecule has 1 saturated heterocycles. The number of nitrogens with zero attached hydrogens (tertiary/aromatic N) is 3. The second kappa shape index (κ2) is 13.5. The van der Waals surface area contributed by atoms with Crippen LogP contribution >= 0.6 is 24.0 Å². The Kier molecular flexibility index (Phi) is 11.1. The highest BCUT2D eigenvalue weighted by molar-refractivity contribution is 14.0. The lowest BCUT2D eigenvalue weighted by molar-refractivity contribution is 0.0827. The second-order valence-electron chi connectivity index (χ2n) is 8.47. The number of likely N-dealkylation sites (tertiary alicyclic amines) is 1. The summed E-state index contributed by atoms with van der Waals surface area (Å²) in [7, 11) is 5.31. The average Bonchev–Trinajstić information content (AvgIpc) is 2.80. The third-order valence-electron chi connectivity index (χ3n) is 5.76. The summed E-state index contributed by atoms with van der Waals surface area (Å²) in [4.78, 5) is 20.5. The van der Waals surface area contributed by atoms with Gasteiger partial charge in [-0.25, -0.2) is 4.39 Å². The molecule has 2 N–H and O–H groups in total. The lowest BCUT2D eigenvalue weighted by Crippen LogP contribution is -2.48. The van der Waals surface area contributed by atoms with Crippen LogP contribution in [0.2, 0.25) is 0 Å². The molecule has 1 aliphatic rings. The van der Waals surface area contributed by atoms with Crippen LogP contribution in [-0.2, 0) is 13.0 Å². The lowest BCUT2D eigenvalue weighted by Gasteiger charge is -2.33. The summed E-state index contributed by atoms with van der Waals surface area (Å²) in [6.07, 6.45) is 2.89. The minimum Gasteiger partial charge on any atom is -0.356 e. The molecule has 2 aromatic carbocycles. The van der Waals surface area contributed by atoms with Gasteiger partial charge in [0.2, 0.25) is 0 Å². The van der Waals surface area contributed by atoms with Gasteiger partial charge in [-0.15, -0.1) is 24.0 Å². The molecule has 0 aromatic heterocycles. The van der Waals surface area contributed by atoms with Crippen LogP contribution in [-0.4, -0.2) is 68.5 Å². The highest BCUT2D eigenvalue weighted by atomic mass is 127. The number of piperidine rings is 1. The van der Waals surface area contributed by atoms with E-state index in [1.54, 1.807) is 26.0 Å². The molecular formula is C25H35FIN5O. The maximum Gasteiger partial charge on any atom is 0.253 e. The molecule has 8 heteroatoms. The molecule has 180 valence electrons. The fourth-order valence-corrected chi connectivity index (χ4v) is 3.91. The van der Waals surface area contributed by atoms with Gasteiger partial charge in [0.25, 0.3) is 5.91 Å². The van der Waals surface area contributed by atoms with Crippen molar-refractivity contribution in [3.8, 4) is 0 Å². The molecule has 6 nitrogen and oxygen atoms in total. The summed E-state index contributed by atoms with van der Waals surface area (Å²) in [6, 6.07) is 14.9. The maximum atomic E-state index is 13.1. The van der Waals surface area contributed by atoms with E-state index in [0.29, 0.717) is 11.6 Å². The zero-order chi connectivity index (χ0) is 22.9. The summed E-state index contributed by atoms with van der Waals surface area (Å²) in [5.41, 5.74) is 2.98. The number of hydrogen-bond acceptors (Lipinski definition) is 3. The van der Waals surface area contributed by atoms with E-state index in [-0.39, 0.29) is 35.7 Å². The lowest BCUT2D eigenvalue weighted by atomic mass is 10.0. The van der Waals surface area contributed by atoms with Crippen molar-refractivity contribution in [3.63, 3.8) is 0 Å². The molecule has 0 radical (unpaired) electrons. The van der Waals surface area contributed by atoms with Gasteiger partial charge in [0.15, 0.2) is 5.96 Å². The largest absolute Gasteiger partial charge is 0.356 e. The topological polar surface area (TPSA) is 60.0 Å². The van der Waals surface area contributed by atoms with E-state index in [0.717, 1.165) is 62.5 Å². The Balaban J connectivity index is 0.00000385. The Labute approximate surface area is 213 Å². The van der Waals surface area contributed by atoms with Gasteiger partial charge in [-0.3, -0.25) is 14.7 Å². The predicted octanol–water partition coefficient (Wildman–Crippen LogP) is 3.52. The monoisotopic (exact) mass is 567 g/mol. The smallest absolute Gasteiger partial charge is 0.253 e. The Morgan fingerprint density at radius 1 is 1.12 bits per heavy atom. The van der Waals surface area contributed by atoms with E-state index in [4.69, 9.17) is 0 Å². The van der Waals surface area contributed by atoms with Crippen LogP contribution in [0.15, 0.2) is 53.5 Å². The number of carbonyl (C=O) groups is 1. The third kappa shape index (κ3) is 8.58. The molecule has 0 aliphatic carbocycles. The van der Waals surface area contributed by atoms with Crippen molar-refractivity contribution in [1.82, 2.24) is 20.4 Å². The van der Waals surface area contributed by atoms with Crippen molar-refractivity contribution in [1.29, 1.82) is 0 Å². The van der Waals surface area contributed by atoms with Gasteiger partial charge in [-0.05, 0) is 54.7 Å². The highest BCUT2D eigenvalue weighted by Crippen LogP contribution is 2.14. The van der Waals surface area contributed by atoms with E-state index < -0.39 is 0 Å². The molecule has 1 fully saturated rings. The van der Waals surface area contributed by atoms with E-state index >= 15 is 0 Å². The number of amides is 1. The van der Waals surface area contributed by atoms with E-state index in [9.17, 15) is 9.18 Å². The number of rotatable bonds is 7. The molecule has 0 unspecified atom stereocenters. The summed E-state index contributed by atoms with van der Waals surface area (Å²) >= 11 is 0. The molecule has 33 heavy (non-hydrogen) atoms. The summed E-state index contributed by atoms with van der Waals surface area (Å²) in [5, 5.41) is 6.92. The SMILES string of the molecule is CN=C(NCCc1cccc(C(=O)N(C)C)c1)NC1CCN(Cc2ccc(F)cc2)CC1.I. The Bertz CT molecular complexity index is 911. The van der Waals surface area contributed by atoms with Crippen LogP contribution in [0.4, 0.5) is 4.39 Å². The molecule has 1 aliphatic heterocycles. The van der Waals surface area contributed by atoms with Gasteiger partial charge in [0.1, 0.15) is 5.82 Å². The van der Waals surface area contributed by atoms with Gasteiger partial charge in [0.05, 0.1) is 0 Å². The number of benzene rings is 2. The minimum atomic E-state index is -0.190. The van der Waals surface area contributed by atoms with Crippen molar-refractivity contribution in [2.24, 2.45) is 4.99 Å². The second-order valence-corrected chi connectivity index (χ2v) is 8.47. The van der Waals surface area contributed by atoms with Crippen LogP contribution in [0.5, 0.6) is 0 Å². The first kappa shape index (κ1) is 27.0. The Hall–Kier alpha value is -2.20. The molecule has 3 rings (SSSR count). The quantitative estimate of drug-likeness (QED) is 0.306. The number of guanidine groups is 1. The molecule has 0 saturated carbocycles. The number of halogens is 2. The van der Waals surface area contributed by atoms with Crippen LogP contribution in [0.3, 0.4) is 0 Å². The number of nitrogens with one attached hydrogen (secondary N) is 2. The van der Waals surface area contributed by atoms with Crippen molar-refractivity contribution in [2.45, 2.75) is 31.8 Å². The predicted molar refractivity (Wildman–Crippen MR) is 143 cm³/mol. The van der Waals surface area contributed by atoms with Crippen LogP contribution in [0.1, 0.15) is 34.3 Å². The van der Waals surface area contributed by atoms with E-state index in [1.165, 1.54) is 12.1 Å². The summed E-state index contributed by atoms with van der Waals surface area (Å²) in [6.45, 7) is 3.59. The van der Waals surface area contributed by atoms with Gasteiger partial charge >= 0.3 is 0 Å². The summed E-state index contributed by atoms with van der Waals surface area (Å²) in [5.74, 6) is 0.635. The first-order chi connectivity index (χ1) is 15.4. The maximum absolute atomic E-state index is 13.1. The zero-order valence-electron chi connectivity index (χ0n) is 19.7. The molecule has 0 spiro atoms. The van der Waals surface area contributed by atoms with Gasteiger partial charge < -0.3 is 15.5 Å². The average molecular weight is 567 g/mol. The van der Waals surface area contributed by atoms with Crippen LogP contribution in [0.25, 0.3) is 0 Å². The van der Waals surface area contributed by atoms with Crippen molar-refractivity contribution < 1.29 is 9.18 Å². The van der Waals surface area contributed by atoms with E-state index in [1.807, 2.05) is 36.4 Å². The fraction of sp³-hybridized carbons (Fsp3) is 0.440. The summed E-state index contributed by atoms with van der Waals surface area (Å²) < 4.78 is 13.1. The van der Waals surface area contributed by atoms with Crippen molar-refractivity contribution in [2.75, 3.05) is 40.8 Å². The molecule has 0 atom stereocenters. The fourth-order valence-electron chi connectivity index (χ4n) is 3.91. The highest BCUT2D eigenvalue weighted by Gasteiger charge is 2.20. The first-order valence-corrected chi connectivity index (χ1v) is 11.2. The van der Waals surface area contributed by atoms with Crippen LogP contribution < -0.4 is 10.6 Å². The van der Waals surface area contributed by atoms with Crippen molar-refractivity contribution >= 4 is 35.8 Å². The molecule has 2 aromatic rings. The Morgan fingerprint density at radius 2 is 1.82 bits per heavy atom. The van der Waals surface area contributed by atoms with Gasteiger partial charge in [-0.2, -0.15) is 0 Å². The first-order valence-electron chi connectivity index (χ1n) is 11.2. The molecule has 1 heterocycles. The number of carbonyl (C=O) groups excluding carboxylic acids is 1. The standard InChI is InChI=1S/C25H34FN5O.HI/c1-27-25(28-14-11-19-5-4-6-21(17-19)24(32)30(2)3)29-23-12-15-31(16-13-23)18-20-7-9-22(26)10-8-20;/h4-10,17,23H,11-16,18H2,1-3H3,(H2,27,28,29);1H. The van der Waals surface area contributed by atoms with Crippen molar-refractivity contribution in [3.05, 3.63) is 71.0 Å². The third-order valence-corrected chi connectivity index (χ3v) is 5.76. The number of aliphatic imine (C=N–C) groups is 1. The minimum absolute atomic E-state index is 0. The normalized spacial score (nSPS) is 15.0. The molecular weight excluding hydrogens is 532 g/mol. The van der Waals surface area contributed by atoms with Gasteiger partial charge in [-0.1, -0.05) is 24.3 Å². The number of hydrogen-bond donors (Lipinski definition) is 2. The zero-order valence-corrected chi connectivity index (χ0v) is 22.0.